The lowest BCUT2D eigenvalue weighted by Crippen LogP contribution is -2.33. The third-order valence-electron chi connectivity index (χ3n) is 5.98. The molecule has 0 unspecified atom stereocenters. The fourth-order valence-corrected chi connectivity index (χ4v) is 6.04. The minimum Gasteiger partial charge on any atom is -0.497 e. The van der Waals surface area contributed by atoms with Crippen molar-refractivity contribution < 1.29 is 22.4 Å². The van der Waals surface area contributed by atoms with Gasteiger partial charge in [0.05, 0.1) is 12.0 Å². The average Bonchev–Trinajstić information content (AvgIpc) is 3.55. The van der Waals surface area contributed by atoms with E-state index in [1.165, 1.54) is 35.6 Å². The molecule has 0 fully saturated rings. The van der Waals surface area contributed by atoms with Gasteiger partial charge in [-0.25, -0.2) is 13.4 Å². The lowest BCUT2D eigenvalue weighted by atomic mass is 10.2. The van der Waals surface area contributed by atoms with E-state index >= 15 is 0 Å². The summed E-state index contributed by atoms with van der Waals surface area (Å²) in [5.41, 5.74) is 1.64. The minimum atomic E-state index is -3.62. The number of hydrogen-bond donors (Lipinski definition) is 1. The molecular weight excluding hydrogens is 510 g/mol. The minimum absolute atomic E-state index is 0.189. The zero-order valence-electron chi connectivity index (χ0n) is 21.2. The van der Waals surface area contributed by atoms with Gasteiger partial charge < -0.3 is 9.15 Å². The van der Waals surface area contributed by atoms with E-state index in [0.717, 1.165) is 31.1 Å². The summed E-state index contributed by atoms with van der Waals surface area (Å²) in [4.78, 5) is 17.5. The van der Waals surface area contributed by atoms with E-state index in [1.54, 1.807) is 16.8 Å². The molecule has 0 spiro atoms. The summed E-state index contributed by atoms with van der Waals surface area (Å²) in [5.74, 6) is 0.923. The number of ether oxygens (including phenoxy) is 1. The molecule has 37 heavy (non-hydrogen) atoms. The van der Waals surface area contributed by atoms with Gasteiger partial charge in [0.1, 0.15) is 17.0 Å². The van der Waals surface area contributed by atoms with Gasteiger partial charge in [-0.15, -0.1) is 11.3 Å². The van der Waals surface area contributed by atoms with Gasteiger partial charge in [0.25, 0.3) is 5.91 Å². The number of benzene rings is 2. The molecular formula is C27H31N3O5S2. The van der Waals surface area contributed by atoms with E-state index in [1.807, 2.05) is 38.1 Å². The Labute approximate surface area is 221 Å². The Morgan fingerprint density at radius 1 is 1.05 bits per heavy atom. The Morgan fingerprint density at radius 3 is 2.41 bits per heavy atom. The predicted molar refractivity (Wildman–Crippen MR) is 147 cm³/mol. The van der Waals surface area contributed by atoms with Crippen LogP contribution in [-0.4, -0.2) is 43.8 Å². The number of nitrogens with zero attached hydrogens (tertiary/aromatic N) is 2. The molecule has 2 heterocycles. The molecule has 2 aromatic heterocycles. The first kappa shape index (κ1) is 26.8. The van der Waals surface area contributed by atoms with Gasteiger partial charge in [0.15, 0.2) is 10.9 Å². The third-order valence-corrected chi connectivity index (χ3v) is 8.65. The van der Waals surface area contributed by atoms with E-state index in [9.17, 15) is 13.2 Å². The maximum absolute atomic E-state index is 13.2. The van der Waals surface area contributed by atoms with Gasteiger partial charge >= 0.3 is 0 Å². The molecule has 8 nitrogen and oxygen atoms in total. The highest BCUT2D eigenvalue weighted by molar-refractivity contribution is 7.89. The van der Waals surface area contributed by atoms with Crippen molar-refractivity contribution in [3.63, 3.8) is 0 Å². The van der Waals surface area contributed by atoms with Gasteiger partial charge in [-0.3, -0.25) is 10.1 Å². The number of methoxy groups -OCH3 is 1. The van der Waals surface area contributed by atoms with Gasteiger partial charge in [0.2, 0.25) is 10.0 Å². The van der Waals surface area contributed by atoms with Crippen LogP contribution in [-0.2, 0) is 10.0 Å². The van der Waals surface area contributed by atoms with Crippen molar-refractivity contribution in [3.8, 4) is 17.2 Å². The van der Waals surface area contributed by atoms with Crippen LogP contribution < -0.4 is 10.1 Å². The quantitative estimate of drug-likeness (QED) is 0.222. The van der Waals surface area contributed by atoms with Gasteiger partial charge in [0, 0.05) is 35.5 Å². The number of carbonyl (C=O) groups excluding carboxylic acids is 1. The van der Waals surface area contributed by atoms with Crippen molar-refractivity contribution >= 4 is 43.4 Å². The van der Waals surface area contributed by atoms with E-state index in [0.29, 0.717) is 46.6 Å². The van der Waals surface area contributed by atoms with E-state index in [-0.39, 0.29) is 10.8 Å². The Kier molecular flexibility index (Phi) is 8.63. The SMILES string of the molecule is CCCCN(CCCC)S(=O)(=O)c1ccc(C(=O)Nc2nc(-c3cc4ccc(OC)cc4o3)cs2)cc1. The summed E-state index contributed by atoms with van der Waals surface area (Å²) in [6.07, 6.45) is 3.45. The maximum atomic E-state index is 13.2. The van der Waals surface area contributed by atoms with Crippen LogP contribution in [0.5, 0.6) is 5.75 Å². The summed E-state index contributed by atoms with van der Waals surface area (Å²) in [5, 5.41) is 5.93. The number of aromatic nitrogens is 1. The van der Waals surface area contributed by atoms with Crippen molar-refractivity contribution in [2.45, 2.75) is 44.4 Å². The number of hydrogen-bond acceptors (Lipinski definition) is 7. The number of fused-ring (bicyclic) bond motifs is 1. The average molecular weight is 542 g/mol. The topological polar surface area (TPSA) is 102 Å². The van der Waals surface area contributed by atoms with Crippen LogP contribution in [0.3, 0.4) is 0 Å². The number of sulfonamides is 1. The van der Waals surface area contributed by atoms with E-state index in [2.05, 4.69) is 10.3 Å². The molecule has 0 aliphatic carbocycles. The Hall–Kier alpha value is -3.21. The molecule has 0 aliphatic heterocycles. The molecule has 196 valence electrons. The van der Waals surface area contributed by atoms with Gasteiger partial charge in [-0.2, -0.15) is 4.31 Å². The van der Waals surface area contributed by atoms with Crippen LogP contribution in [0.15, 0.2) is 63.2 Å². The fourth-order valence-electron chi connectivity index (χ4n) is 3.83. The number of anilines is 1. The number of thiazole rings is 1. The molecule has 4 aromatic rings. The largest absolute Gasteiger partial charge is 0.497 e. The second kappa shape index (κ2) is 11.9. The lowest BCUT2D eigenvalue weighted by Gasteiger charge is -2.22. The summed E-state index contributed by atoms with van der Waals surface area (Å²) < 4.78 is 39.0. The summed E-state index contributed by atoms with van der Waals surface area (Å²) in [6.45, 7) is 5.06. The zero-order valence-corrected chi connectivity index (χ0v) is 22.8. The first-order valence-corrected chi connectivity index (χ1v) is 14.6. The standard InChI is InChI=1S/C27H31N3O5S2/c1-4-6-14-30(15-7-5-2)37(32,33)22-12-9-19(10-13-22)26(31)29-27-28-23(18-36-27)25-16-20-8-11-21(34-3)17-24(20)35-25/h8-13,16-18H,4-7,14-15H2,1-3H3,(H,28,29,31). The second-order valence-electron chi connectivity index (χ2n) is 8.64. The first-order chi connectivity index (χ1) is 17.8. The van der Waals surface area contributed by atoms with Crippen molar-refractivity contribution in [2.24, 2.45) is 0 Å². The van der Waals surface area contributed by atoms with Crippen LogP contribution in [0.25, 0.3) is 22.4 Å². The summed E-state index contributed by atoms with van der Waals surface area (Å²) >= 11 is 1.28. The molecule has 0 saturated heterocycles. The monoisotopic (exact) mass is 541 g/mol. The van der Waals surface area contributed by atoms with Gasteiger partial charge in [-0.05, 0) is 55.3 Å². The second-order valence-corrected chi connectivity index (χ2v) is 11.4. The Bertz CT molecular complexity index is 1450. The number of nitrogens with one attached hydrogen (secondary N) is 1. The molecule has 0 atom stereocenters. The van der Waals surface area contributed by atoms with Crippen molar-refractivity contribution in [1.82, 2.24) is 9.29 Å². The Morgan fingerprint density at radius 2 is 1.76 bits per heavy atom. The lowest BCUT2D eigenvalue weighted by molar-refractivity contribution is 0.102. The molecule has 2 aromatic carbocycles. The van der Waals surface area contributed by atoms with Crippen LogP contribution in [0.1, 0.15) is 49.9 Å². The number of furan rings is 1. The van der Waals surface area contributed by atoms with Gasteiger partial charge in [-0.1, -0.05) is 26.7 Å². The normalized spacial score (nSPS) is 11.8. The Balaban J connectivity index is 1.45. The zero-order chi connectivity index (χ0) is 26.4. The molecule has 10 heteroatoms. The molecule has 0 radical (unpaired) electrons. The van der Waals surface area contributed by atoms with Crippen LogP contribution in [0, 0.1) is 0 Å². The van der Waals surface area contributed by atoms with Crippen LogP contribution in [0.2, 0.25) is 0 Å². The molecule has 0 aliphatic rings. The van der Waals surface area contributed by atoms with Crippen molar-refractivity contribution in [2.75, 3.05) is 25.5 Å². The molecule has 1 amide bonds. The highest BCUT2D eigenvalue weighted by Gasteiger charge is 2.24. The summed E-state index contributed by atoms with van der Waals surface area (Å²) in [7, 11) is -2.02. The van der Waals surface area contributed by atoms with Crippen molar-refractivity contribution in [1.29, 1.82) is 0 Å². The molecule has 4 rings (SSSR count). The fraction of sp³-hybridized carbons (Fsp3) is 0.333. The number of rotatable bonds is 12. The first-order valence-electron chi connectivity index (χ1n) is 12.3. The molecule has 0 saturated carbocycles. The maximum Gasteiger partial charge on any atom is 0.257 e. The third kappa shape index (κ3) is 6.20. The number of amides is 1. The highest BCUT2D eigenvalue weighted by atomic mass is 32.2. The molecule has 0 bridgehead atoms. The summed E-state index contributed by atoms with van der Waals surface area (Å²) in [6, 6.07) is 13.5. The predicted octanol–water partition coefficient (Wildman–Crippen LogP) is 6.41. The van der Waals surface area contributed by atoms with E-state index in [4.69, 9.17) is 9.15 Å². The van der Waals surface area contributed by atoms with Crippen LogP contribution >= 0.6 is 11.3 Å². The molecule has 1 N–H and O–H groups in total. The van der Waals surface area contributed by atoms with Crippen LogP contribution in [0.4, 0.5) is 5.13 Å². The highest BCUT2D eigenvalue weighted by Crippen LogP contribution is 2.32. The number of carbonyl (C=O) groups is 1. The van der Waals surface area contributed by atoms with Crippen molar-refractivity contribution in [3.05, 3.63) is 59.5 Å². The number of unbranched alkanes of at least 4 members (excludes halogenated alkanes) is 2. The van der Waals surface area contributed by atoms with E-state index < -0.39 is 10.0 Å². The smallest absolute Gasteiger partial charge is 0.257 e.